The number of aryl methyl sites for hydroxylation is 1. The van der Waals surface area contributed by atoms with E-state index in [1.165, 1.54) is 0 Å². The third-order valence-electron chi connectivity index (χ3n) is 2.39. The molecule has 0 fully saturated rings. The van der Waals surface area contributed by atoms with Crippen LogP contribution in [0.3, 0.4) is 0 Å². The summed E-state index contributed by atoms with van der Waals surface area (Å²) >= 11 is 0. The lowest BCUT2D eigenvalue weighted by atomic mass is 10.2. The summed E-state index contributed by atoms with van der Waals surface area (Å²) < 4.78 is 13.5. The van der Waals surface area contributed by atoms with Crippen LogP contribution in [0.5, 0.6) is 0 Å². The van der Waals surface area contributed by atoms with Crippen LogP contribution < -0.4 is 5.32 Å². The monoisotopic (exact) mass is 232 g/mol. The molecule has 0 saturated heterocycles. The van der Waals surface area contributed by atoms with Crippen molar-refractivity contribution in [3.05, 3.63) is 47.4 Å². The minimum absolute atomic E-state index is 0.233. The van der Waals surface area contributed by atoms with Gasteiger partial charge in [-0.05, 0) is 18.6 Å². The second-order valence-corrected chi connectivity index (χ2v) is 3.68. The lowest BCUT2D eigenvalue weighted by molar-refractivity contribution is 0.602. The lowest BCUT2D eigenvalue weighted by Crippen LogP contribution is -2.06. The summed E-state index contributed by atoms with van der Waals surface area (Å²) in [5.41, 5.74) is 1.35. The average Bonchev–Trinajstić information content (AvgIpc) is 2.35. The minimum Gasteiger partial charge on any atom is -0.371 e. The van der Waals surface area contributed by atoms with Crippen molar-refractivity contribution in [1.29, 1.82) is 0 Å². The molecule has 0 aliphatic rings. The summed E-state index contributed by atoms with van der Waals surface area (Å²) in [6.07, 6.45) is 4.00. The zero-order chi connectivity index (χ0) is 12.3. The van der Waals surface area contributed by atoms with E-state index in [0.717, 1.165) is 5.56 Å². The molecule has 0 bridgehead atoms. The van der Waals surface area contributed by atoms with Gasteiger partial charge in [0.15, 0.2) is 11.6 Å². The Morgan fingerprint density at radius 1 is 1.35 bits per heavy atom. The van der Waals surface area contributed by atoms with Gasteiger partial charge < -0.3 is 5.32 Å². The van der Waals surface area contributed by atoms with E-state index in [0.29, 0.717) is 17.9 Å². The molecule has 2 rings (SSSR count). The molecule has 0 saturated carbocycles. The molecule has 0 aliphatic carbocycles. The van der Waals surface area contributed by atoms with Gasteiger partial charge >= 0.3 is 0 Å². The molecule has 1 N–H and O–H groups in total. The number of aromatic nitrogens is 3. The molecule has 2 aromatic rings. The van der Waals surface area contributed by atoms with Crippen LogP contribution in [0, 0.1) is 12.7 Å². The Hall–Kier alpha value is -2.04. The molecule has 2 heterocycles. The van der Waals surface area contributed by atoms with E-state index in [1.807, 2.05) is 12.1 Å². The number of hydrogen-bond donors (Lipinski definition) is 1. The van der Waals surface area contributed by atoms with E-state index >= 15 is 0 Å². The first-order valence-electron chi connectivity index (χ1n) is 5.30. The number of pyridine rings is 1. The molecule has 5 heteroatoms. The SMILES string of the molecule is CNc1nc(Cc2cccnc2)nc(C)c1F. The van der Waals surface area contributed by atoms with E-state index in [4.69, 9.17) is 0 Å². The molecule has 0 aliphatic heterocycles. The smallest absolute Gasteiger partial charge is 0.186 e. The Kier molecular flexibility index (Phi) is 3.27. The van der Waals surface area contributed by atoms with Gasteiger partial charge in [0.1, 0.15) is 5.82 Å². The Bertz CT molecular complexity index is 513. The first-order chi connectivity index (χ1) is 8.20. The molecule has 0 amide bonds. The highest BCUT2D eigenvalue weighted by molar-refractivity contribution is 5.37. The fraction of sp³-hybridized carbons (Fsp3) is 0.250. The van der Waals surface area contributed by atoms with Crippen molar-refractivity contribution in [2.24, 2.45) is 0 Å². The molecule has 0 radical (unpaired) electrons. The van der Waals surface area contributed by atoms with Crippen LogP contribution >= 0.6 is 0 Å². The van der Waals surface area contributed by atoms with Gasteiger partial charge in [-0.25, -0.2) is 14.4 Å². The van der Waals surface area contributed by atoms with Gasteiger partial charge in [0.2, 0.25) is 0 Å². The maximum absolute atomic E-state index is 13.5. The molecule has 4 nitrogen and oxygen atoms in total. The van der Waals surface area contributed by atoms with Crippen molar-refractivity contribution in [3.8, 4) is 0 Å². The molecule has 0 atom stereocenters. The molecular weight excluding hydrogens is 219 g/mol. The second kappa shape index (κ2) is 4.86. The van der Waals surface area contributed by atoms with Gasteiger partial charge in [-0.3, -0.25) is 4.98 Å². The van der Waals surface area contributed by atoms with E-state index < -0.39 is 5.82 Å². The maximum Gasteiger partial charge on any atom is 0.186 e. The first-order valence-corrected chi connectivity index (χ1v) is 5.30. The summed E-state index contributed by atoms with van der Waals surface area (Å²) in [5.74, 6) is 0.417. The molecule has 0 aromatic carbocycles. The van der Waals surface area contributed by atoms with Gasteiger partial charge in [0.05, 0.1) is 5.69 Å². The van der Waals surface area contributed by atoms with Gasteiger partial charge in [0.25, 0.3) is 0 Å². The van der Waals surface area contributed by atoms with E-state index in [9.17, 15) is 4.39 Å². The number of nitrogens with one attached hydrogen (secondary N) is 1. The summed E-state index contributed by atoms with van der Waals surface area (Å²) in [7, 11) is 1.64. The van der Waals surface area contributed by atoms with Crippen LogP contribution in [0.25, 0.3) is 0 Å². The van der Waals surface area contributed by atoms with Crippen molar-refractivity contribution in [2.75, 3.05) is 12.4 Å². The van der Waals surface area contributed by atoms with Crippen LogP contribution in [0.1, 0.15) is 17.1 Å². The normalized spacial score (nSPS) is 10.3. The largest absolute Gasteiger partial charge is 0.371 e. The third kappa shape index (κ3) is 2.55. The lowest BCUT2D eigenvalue weighted by Gasteiger charge is -2.07. The summed E-state index contributed by atoms with van der Waals surface area (Å²) in [6.45, 7) is 1.63. The standard InChI is InChI=1S/C12H13FN4/c1-8-11(13)12(14-2)17-10(16-8)6-9-4-3-5-15-7-9/h3-5,7H,6H2,1-2H3,(H,14,16,17). The molecular formula is C12H13FN4. The van der Waals surface area contributed by atoms with Crippen LogP contribution in [-0.2, 0) is 6.42 Å². The van der Waals surface area contributed by atoms with Crippen molar-refractivity contribution < 1.29 is 4.39 Å². The molecule has 0 spiro atoms. The van der Waals surface area contributed by atoms with Crippen molar-refractivity contribution >= 4 is 5.82 Å². The fourth-order valence-corrected chi connectivity index (χ4v) is 1.55. The van der Waals surface area contributed by atoms with E-state index in [2.05, 4.69) is 20.3 Å². The number of hydrogen-bond acceptors (Lipinski definition) is 4. The first kappa shape index (κ1) is 11.4. The minimum atomic E-state index is -0.401. The van der Waals surface area contributed by atoms with Crippen molar-refractivity contribution in [3.63, 3.8) is 0 Å². The van der Waals surface area contributed by atoms with Gasteiger partial charge in [0, 0.05) is 25.9 Å². The number of nitrogens with zero attached hydrogens (tertiary/aromatic N) is 3. The van der Waals surface area contributed by atoms with E-state index in [1.54, 1.807) is 26.4 Å². The van der Waals surface area contributed by atoms with Crippen molar-refractivity contribution in [1.82, 2.24) is 15.0 Å². The molecule has 88 valence electrons. The highest BCUT2D eigenvalue weighted by atomic mass is 19.1. The Morgan fingerprint density at radius 2 is 2.18 bits per heavy atom. The Morgan fingerprint density at radius 3 is 2.82 bits per heavy atom. The predicted octanol–water partition coefficient (Wildman–Crippen LogP) is 1.95. The van der Waals surface area contributed by atoms with Crippen LogP contribution in [0.15, 0.2) is 24.5 Å². The van der Waals surface area contributed by atoms with Gasteiger partial charge in [-0.2, -0.15) is 0 Å². The van der Waals surface area contributed by atoms with Crippen molar-refractivity contribution in [2.45, 2.75) is 13.3 Å². The molecule has 0 unspecified atom stereocenters. The topological polar surface area (TPSA) is 50.7 Å². The zero-order valence-electron chi connectivity index (χ0n) is 9.74. The predicted molar refractivity (Wildman–Crippen MR) is 63.3 cm³/mol. The summed E-state index contributed by atoms with van der Waals surface area (Å²) in [4.78, 5) is 12.3. The Balaban J connectivity index is 2.31. The quantitative estimate of drug-likeness (QED) is 0.878. The van der Waals surface area contributed by atoms with Gasteiger partial charge in [-0.15, -0.1) is 0 Å². The fourth-order valence-electron chi connectivity index (χ4n) is 1.55. The third-order valence-corrected chi connectivity index (χ3v) is 2.39. The number of rotatable bonds is 3. The summed E-state index contributed by atoms with van der Waals surface area (Å²) in [6, 6.07) is 3.79. The average molecular weight is 232 g/mol. The number of halogens is 1. The van der Waals surface area contributed by atoms with E-state index in [-0.39, 0.29) is 5.82 Å². The highest BCUT2D eigenvalue weighted by Gasteiger charge is 2.10. The second-order valence-electron chi connectivity index (χ2n) is 3.68. The van der Waals surface area contributed by atoms with Gasteiger partial charge in [-0.1, -0.05) is 6.07 Å². The zero-order valence-corrected chi connectivity index (χ0v) is 9.74. The van der Waals surface area contributed by atoms with Crippen LogP contribution in [0.2, 0.25) is 0 Å². The summed E-state index contributed by atoms with van der Waals surface area (Å²) in [5, 5.41) is 2.72. The van der Waals surface area contributed by atoms with Crippen LogP contribution in [-0.4, -0.2) is 22.0 Å². The Labute approximate surface area is 99.0 Å². The molecule has 2 aromatic heterocycles. The molecule has 17 heavy (non-hydrogen) atoms. The van der Waals surface area contributed by atoms with Crippen LogP contribution in [0.4, 0.5) is 10.2 Å². The maximum atomic E-state index is 13.5. The number of anilines is 1. The highest BCUT2D eigenvalue weighted by Crippen LogP contribution is 2.14.